The van der Waals surface area contributed by atoms with Gasteiger partial charge in [-0.1, -0.05) is 6.92 Å². The van der Waals surface area contributed by atoms with E-state index in [9.17, 15) is 10.4 Å². The summed E-state index contributed by atoms with van der Waals surface area (Å²) < 4.78 is 7.47. The van der Waals surface area contributed by atoms with Crippen molar-refractivity contribution < 1.29 is 9.84 Å². The Labute approximate surface area is 188 Å². The first-order valence-corrected chi connectivity index (χ1v) is 11.3. The highest BCUT2D eigenvalue weighted by Crippen LogP contribution is 2.42. The summed E-state index contributed by atoms with van der Waals surface area (Å²) in [4.78, 5) is 7.18. The molecular formula is C25H29N5O2. The molecule has 0 aromatic carbocycles. The normalized spacial score (nSPS) is 22.8. The topological polar surface area (TPSA) is 86.7 Å². The van der Waals surface area contributed by atoms with Crippen molar-refractivity contribution in [2.24, 2.45) is 17.8 Å². The van der Waals surface area contributed by atoms with Crippen LogP contribution in [0.1, 0.15) is 39.2 Å². The third-order valence-corrected chi connectivity index (χ3v) is 6.67. The zero-order valence-electron chi connectivity index (χ0n) is 18.8. The predicted molar refractivity (Wildman–Crippen MR) is 123 cm³/mol. The van der Waals surface area contributed by atoms with E-state index in [1.54, 1.807) is 30.8 Å². The number of fused-ring (bicyclic) bond motifs is 2. The molecule has 7 nitrogen and oxygen atoms in total. The Bertz CT molecular complexity index is 1160. The fraction of sp³-hybridized carbons (Fsp3) is 0.480. The van der Waals surface area contributed by atoms with Crippen molar-refractivity contribution in [2.75, 3.05) is 24.6 Å². The van der Waals surface area contributed by atoms with Gasteiger partial charge in [0.25, 0.3) is 0 Å². The van der Waals surface area contributed by atoms with Crippen LogP contribution in [-0.4, -0.2) is 45.0 Å². The highest BCUT2D eigenvalue weighted by atomic mass is 16.5. The lowest BCUT2D eigenvalue weighted by Gasteiger charge is -2.20. The second-order valence-electron chi connectivity index (χ2n) is 10.1. The van der Waals surface area contributed by atoms with Crippen molar-refractivity contribution in [3.8, 4) is 22.9 Å². The number of ether oxygens (including phenoxy) is 1. The van der Waals surface area contributed by atoms with Gasteiger partial charge < -0.3 is 14.7 Å². The van der Waals surface area contributed by atoms with Crippen molar-refractivity contribution in [1.82, 2.24) is 14.6 Å². The smallest absolute Gasteiger partial charge is 0.138 e. The summed E-state index contributed by atoms with van der Waals surface area (Å²) in [5, 5.41) is 23.9. The molecule has 1 aliphatic heterocycles. The van der Waals surface area contributed by atoms with Crippen LogP contribution < -0.4 is 9.64 Å². The Hall–Kier alpha value is -3.11. The van der Waals surface area contributed by atoms with Gasteiger partial charge in [-0.3, -0.25) is 0 Å². The van der Waals surface area contributed by atoms with Crippen LogP contribution in [-0.2, 0) is 0 Å². The summed E-state index contributed by atoms with van der Waals surface area (Å²) in [6.45, 7) is 8.09. The lowest BCUT2D eigenvalue weighted by Crippen LogP contribution is -2.27. The molecule has 2 fully saturated rings. The van der Waals surface area contributed by atoms with Gasteiger partial charge in [0.2, 0.25) is 0 Å². The van der Waals surface area contributed by atoms with Crippen LogP contribution in [0.2, 0.25) is 0 Å². The van der Waals surface area contributed by atoms with Crippen molar-refractivity contribution in [3.63, 3.8) is 0 Å². The maximum Gasteiger partial charge on any atom is 0.138 e. The molecule has 7 heteroatoms. The maximum atomic E-state index is 10.0. The largest absolute Gasteiger partial charge is 0.489 e. The van der Waals surface area contributed by atoms with Gasteiger partial charge in [0, 0.05) is 30.4 Å². The van der Waals surface area contributed by atoms with Crippen molar-refractivity contribution >= 4 is 11.3 Å². The quantitative estimate of drug-likeness (QED) is 0.659. The summed E-state index contributed by atoms with van der Waals surface area (Å²) in [5.41, 5.74) is 2.00. The molecule has 3 aromatic rings. The number of pyridine rings is 2. The molecule has 1 saturated heterocycles. The first kappa shape index (κ1) is 20.8. The van der Waals surface area contributed by atoms with Gasteiger partial charge >= 0.3 is 0 Å². The summed E-state index contributed by atoms with van der Waals surface area (Å²) in [5.74, 6) is 4.02. The molecule has 166 valence electrons. The van der Waals surface area contributed by atoms with Gasteiger partial charge in [-0.05, 0) is 62.6 Å². The summed E-state index contributed by atoms with van der Waals surface area (Å²) in [7, 11) is 0. The van der Waals surface area contributed by atoms with Crippen LogP contribution in [0.15, 0.2) is 36.8 Å². The monoisotopic (exact) mass is 431 g/mol. The fourth-order valence-corrected chi connectivity index (χ4v) is 5.26. The van der Waals surface area contributed by atoms with E-state index < -0.39 is 5.60 Å². The Morgan fingerprint density at radius 2 is 1.97 bits per heavy atom. The zero-order chi connectivity index (χ0) is 22.5. The van der Waals surface area contributed by atoms with Gasteiger partial charge in [-0.15, -0.1) is 0 Å². The Kier molecular flexibility index (Phi) is 5.06. The second-order valence-corrected chi connectivity index (χ2v) is 10.1. The molecule has 3 aromatic heterocycles. The minimum atomic E-state index is -0.952. The summed E-state index contributed by atoms with van der Waals surface area (Å²) in [6, 6.07) is 8.25. The molecule has 1 N–H and O–H groups in total. The van der Waals surface area contributed by atoms with Crippen LogP contribution in [0.25, 0.3) is 16.6 Å². The Morgan fingerprint density at radius 3 is 2.59 bits per heavy atom. The van der Waals surface area contributed by atoms with E-state index in [1.807, 2.05) is 12.3 Å². The Balaban J connectivity index is 1.45. The molecule has 32 heavy (non-hydrogen) atoms. The lowest BCUT2D eigenvalue weighted by molar-refractivity contribution is 0.0283. The lowest BCUT2D eigenvalue weighted by atomic mass is 10.0. The van der Waals surface area contributed by atoms with Crippen molar-refractivity contribution in [1.29, 1.82) is 5.26 Å². The average molecular weight is 432 g/mol. The number of rotatable bonds is 5. The van der Waals surface area contributed by atoms with Crippen LogP contribution in [0.3, 0.4) is 0 Å². The summed E-state index contributed by atoms with van der Waals surface area (Å²) in [6.07, 6.45) is 7.82. The number of hydrogen-bond acceptors (Lipinski definition) is 6. The van der Waals surface area contributed by atoms with E-state index in [1.165, 1.54) is 12.8 Å². The number of hydrogen-bond donors (Lipinski definition) is 1. The van der Waals surface area contributed by atoms with Crippen molar-refractivity contribution in [3.05, 3.63) is 42.4 Å². The first-order chi connectivity index (χ1) is 15.3. The number of aromatic nitrogens is 3. The van der Waals surface area contributed by atoms with E-state index in [0.717, 1.165) is 53.3 Å². The molecular weight excluding hydrogens is 402 g/mol. The minimum Gasteiger partial charge on any atom is -0.489 e. The third-order valence-electron chi connectivity index (χ3n) is 6.67. The van der Waals surface area contributed by atoms with E-state index in [0.29, 0.717) is 11.3 Å². The average Bonchev–Trinajstić information content (AvgIpc) is 3.43. The standard InChI is InChI=1S/C25H29N5O2/c1-16-6-18-12-29(13-19(18)7-16)23-5-4-17(10-27-23)22-8-21(32-15-25(2,3)31)14-30-24(22)20(9-26)11-28-30/h4-5,8,10-11,14,16,18-19,31H,6-7,12-13,15H2,1-3H3/t16?,18-,19+. The second kappa shape index (κ2) is 7.79. The number of nitrogens with zero attached hydrogens (tertiary/aromatic N) is 5. The molecule has 0 amide bonds. The van der Waals surface area contributed by atoms with E-state index in [-0.39, 0.29) is 6.61 Å². The molecule has 1 unspecified atom stereocenters. The molecule has 2 aliphatic rings. The van der Waals surface area contributed by atoms with E-state index in [4.69, 9.17) is 9.72 Å². The number of nitriles is 1. The van der Waals surface area contributed by atoms with Crippen LogP contribution in [0.5, 0.6) is 5.75 Å². The third kappa shape index (κ3) is 3.91. The van der Waals surface area contributed by atoms with E-state index in [2.05, 4.69) is 35.1 Å². The van der Waals surface area contributed by atoms with Gasteiger partial charge in [0.05, 0.1) is 29.1 Å². The van der Waals surface area contributed by atoms with Crippen LogP contribution >= 0.6 is 0 Å². The van der Waals surface area contributed by atoms with Crippen molar-refractivity contribution in [2.45, 2.75) is 39.2 Å². The van der Waals surface area contributed by atoms with Gasteiger partial charge in [-0.2, -0.15) is 10.4 Å². The SMILES string of the molecule is CC1C[C@@H]2CN(c3ccc(-c4cc(OCC(C)(C)O)cn5ncc(C#N)c45)cn3)C[C@@H]2C1. The van der Waals surface area contributed by atoms with Gasteiger partial charge in [0.15, 0.2) is 0 Å². The highest BCUT2D eigenvalue weighted by molar-refractivity contribution is 5.85. The fourth-order valence-electron chi connectivity index (χ4n) is 5.26. The maximum absolute atomic E-state index is 10.0. The molecule has 1 saturated carbocycles. The number of anilines is 1. The Morgan fingerprint density at radius 1 is 1.22 bits per heavy atom. The molecule has 1 aliphatic carbocycles. The van der Waals surface area contributed by atoms with Gasteiger partial charge in [0.1, 0.15) is 24.2 Å². The van der Waals surface area contributed by atoms with E-state index >= 15 is 0 Å². The molecule has 0 spiro atoms. The van der Waals surface area contributed by atoms with Gasteiger partial charge in [-0.25, -0.2) is 9.50 Å². The molecule has 4 heterocycles. The minimum absolute atomic E-state index is 0.150. The zero-order valence-corrected chi connectivity index (χ0v) is 18.8. The summed E-state index contributed by atoms with van der Waals surface area (Å²) >= 11 is 0. The number of aliphatic hydroxyl groups is 1. The van der Waals surface area contributed by atoms with Crippen LogP contribution in [0, 0.1) is 29.1 Å². The highest BCUT2D eigenvalue weighted by Gasteiger charge is 2.39. The van der Waals surface area contributed by atoms with Crippen LogP contribution in [0.4, 0.5) is 5.82 Å². The predicted octanol–water partition coefficient (Wildman–Crippen LogP) is 3.90. The first-order valence-electron chi connectivity index (χ1n) is 11.3. The molecule has 5 rings (SSSR count). The molecule has 0 bridgehead atoms. The molecule has 3 atom stereocenters. The molecule has 0 radical (unpaired) electrons.